The fourth-order valence-corrected chi connectivity index (χ4v) is 4.91. The van der Waals surface area contributed by atoms with Crippen LogP contribution in [0.3, 0.4) is 0 Å². The van der Waals surface area contributed by atoms with E-state index in [4.69, 9.17) is 4.74 Å². The number of para-hydroxylation sites is 1. The first-order valence-electron chi connectivity index (χ1n) is 9.16. The molecule has 0 aliphatic carbocycles. The van der Waals surface area contributed by atoms with E-state index in [0.29, 0.717) is 15.8 Å². The molecular formula is C20H22N4O4S2. The van der Waals surface area contributed by atoms with Crippen LogP contribution in [0.15, 0.2) is 54.6 Å². The summed E-state index contributed by atoms with van der Waals surface area (Å²) in [5, 5.41) is 11.8. The Morgan fingerprint density at radius 1 is 1.13 bits per heavy atom. The Kier molecular flexibility index (Phi) is 6.68. The van der Waals surface area contributed by atoms with Crippen molar-refractivity contribution in [2.75, 3.05) is 23.0 Å². The third kappa shape index (κ3) is 4.95. The number of rotatable bonds is 8. The number of hydrogen-bond donors (Lipinski definition) is 1. The molecule has 0 radical (unpaired) electrons. The topological polar surface area (TPSA) is 101 Å². The molecule has 2 aromatic carbocycles. The van der Waals surface area contributed by atoms with Gasteiger partial charge < -0.3 is 4.74 Å². The second-order valence-electron chi connectivity index (χ2n) is 6.45. The van der Waals surface area contributed by atoms with Crippen LogP contribution >= 0.6 is 11.3 Å². The van der Waals surface area contributed by atoms with Crippen LogP contribution in [0, 0.1) is 0 Å². The van der Waals surface area contributed by atoms with Crippen LogP contribution in [-0.2, 0) is 14.8 Å². The van der Waals surface area contributed by atoms with Gasteiger partial charge in [0.15, 0.2) is 0 Å². The van der Waals surface area contributed by atoms with E-state index in [2.05, 4.69) is 15.5 Å². The van der Waals surface area contributed by atoms with Gasteiger partial charge in [0.05, 0.1) is 19.1 Å². The van der Waals surface area contributed by atoms with Crippen molar-refractivity contribution in [1.29, 1.82) is 0 Å². The second-order valence-corrected chi connectivity index (χ2v) is 9.29. The number of aromatic nitrogens is 2. The largest absolute Gasteiger partial charge is 0.497 e. The lowest BCUT2D eigenvalue weighted by molar-refractivity contribution is -0.117. The molecule has 0 saturated heterocycles. The Morgan fingerprint density at radius 3 is 2.37 bits per heavy atom. The Morgan fingerprint density at radius 2 is 1.80 bits per heavy atom. The van der Waals surface area contributed by atoms with Crippen LogP contribution in [0.5, 0.6) is 5.75 Å². The molecule has 0 bridgehead atoms. The van der Waals surface area contributed by atoms with Gasteiger partial charge in [-0.25, -0.2) is 8.42 Å². The molecule has 0 saturated carbocycles. The predicted octanol–water partition coefficient (Wildman–Crippen LogP) is 3.40. The standard InChI is InChI=1S/C20H22N4O4S2/c1-4-17(24(30(3,26)27)15-8-6-5-7-9-15)18(25)21-20-23-22-19(29-20)14-10-12-16(28-2)13-11-14/h5-13,17H,4H2,1-3H3,(H,21,23,25)/t17-/m0/s1. The van der Waals surface area contributed by atoms with Crippen molar-refractivity contribution in [2.45, 2.75) is 19.4 Å². The maximum absolute atomic E-state index is 12.9. The van der Waals surface area contributed by atoms with E-state index in [9.17, 15) is 13.2 Å². The number of hydrogen-bond acceptors (Lipinski definition) is 7. The van der Waals surface area contributed by atoms with Crippen molar-refractivity contribution in [1.82, 2.24) is 10.2 Å². The van der Waals surface area contributed by atoms with E-state index in [1.54, 1.807) is 44.4 Å². The van der Waals surface area contributed by atoms with Gasteiger partial charge in [0.25, 0.3) is 0 Å². The Bertz CT molecular complexity index is 1100. The number of benzene rings is 2. The molecule has 3 rings (SSSR count). The fourth-order valence-electron chi connectivity index (χ4n) is 2.95. The van der Waals surface area contributed by atoms with Crippen LogP contribution in [0.25, 0.3) is 10.6 Å². The van der Waals surface area contributed by atoms with Crippen LogP contribution in [0.4, 0.5) is 10.8 Å². The lowest BCUT2D eigenvalue weighted by Gasteiger charge is -2.29. The molecule has 1 amide bonds. The first-order chi connectivity index (χ1) is 14.3. The van der Waals surface area contributed by atoms with Crippen molar-refractivity contribution in [3.05, 3.63) is 54.6 Å². The van der Waals surface area contributed by atoms with Crippen LogP contribution in [-0.4, -0.2) is 43.9 Å². The first-order valence-corrected chi connectivity index (χ1v) is 11.8. The summed E-state index contributed by atoms with van der Waals surface area (Å²) in [5.74, 6) is 0.258. The molecule has 158 valence electrons. The molecule has 1 atom stereocenters. The van der Waals surface area contributed by atoms with Gasteiger partial charge in [-0.2, -0.15) is 0 Å². The van der Waals surface area contributed by atoms with E-state index in [1.807, 2.05) is 24.3 Å². The average molecular weight is 447 g/mol. The highest BCUT2D eigenvalue weighted by molar-refractivity contribution is 7.92. The minimum Gasteiger partial charge on any atom is -0.497 e. The Labute approximate surface area is 179 Å². The molecule has 1 aromatic heterocycles. The summed E-state index contributed by atoms with van der Waals surface area (Å²) < 4.78 is 31.2. The summed E-state index contributed by atoms with van der Waals surface area (Å²) in [6.07, 6.45) is 1.38. The third-order valence-corrected chi connectivity index (χ3v) is 6.40. The smallest absolute Gasteiger partial charge is 0.250 e. The number of sulfonamides is 1. The van der Waals surface area contributed by atoms with Gasteiger partial charge in [-0.15, -0.1) is 10.2 Å². The average Bonchev–Trinajstić information content (AvgIpc) is 3.20. The summed E-state index contributed by atoms with van der Waals surface area (Å²) >= 11 is 1.21. The van der Waals surface area contributed by atoms with E-state index in [1.165, 1.54) is 11.3 Å². The SMILES string of the molecule is CC[C@@H](C(=O)Nc1nnc(-c2ccc(OC)cc2)s1)N(c1ccccc1)S(C)(=O)=O. The van der Waals surface area contributed by atoms with Crippen LogP contribution in [0.1, 0.15) is 13.3 Å². The van der Waals surface area contributed by atoms with Crippen LogP contribution in [0.2, 0.25) is 0 Å². The number of carbonyl (C=O) groups is 1. The monoisotopic (exact) mass is 446 g/mol. The maximum atomic E-state index is 12.9. The van der Waals surface area contributed by atoms with Crippen molar-refractivity contribution in [2.24, 2.45) is 0 Å². The highest BCUT2D eigenvalue weighted by Crippen LogP contribution is 2.29. The molecule has 1 N–H and O–H groups in total. The quantitative estimate of drug-likeness (QED) is 0.569. The molecule has 0 fully saturated rings. The fraction of sp³-hybridized carbons (Fsp3) is 0.250. The summed E-state index contributed by atoms with van der Waals surface area (Å²) in [5.41, 5.74) is 1.26. The molecule has 30 heavy (non-hydrogen) atoms. The molecule has 0 unspecified atom stereocenters. The third-order valence-electron chi connectivity index (χ3n) is 4.33. The zero-order chi connectivity index (χ0) is 21.7. The highest BCUT2D eigenvalue weighted by atomic mass is 32.2. The number of nitrogens with zero attached hydrogens (tertiary/aromatic N) is 3. The van der Waals surface area contributed by atoms with Gasteiger partial charge in [-0.3, -0.25) is 14.4 Å². The molecular weight excluding hydrogens is 424 g/mol. The van der Waals surface area contributed by atoms with E-state index in [0.717, 1.165) is 21.9 Å². The highest BCUT2D eigenvalue weighted by Gasteiger charge is 2.32. The molecule has 0 spiro atoms. The number of amides is 1. The lowest BCUT2D eigenvalue weighted by atomic mass is 10.2. The summed E-state index contributed by atoms with van der Waals surface area (Å²) in [6, 6.07) is 14.9. The molecule has 0 aliphatic heterocycles. The number of carbonyl (C=O) groups excluding carboxylic acids is 1. The van der Waals surface area contributed by atoms with Gasteiger partial charge in [-0.05, 0) is 42.8 Å². The van der Waals surface area contributed by atoms with Crippen molar-refractivity contribution >= 4 is 38.1 Å². The number of methoxy groups -OCH3 is 1. The van der Waals surface area contributed by atoms with Crippen LogP contribution < -0.4 is 14.4 Å². The predicted molar refractivity (Wildman–Crippen MR) is 118 cm³/mol. The summed E-state index contributed by atoms with van der Waals surface area (Å²) in [7, 11) is -2.09. The summed E-state index contributed by atoms with van der Waals surface area (Å²) in [6.45, 7) is 1.76. The van der Waals surface area contributed by atoms with Crippen molar-refractivity contribution in [3.8, 4) is 16.3 Å². The first kappa shape index (κ1) is 21.7. The summed E-state index contributed by atoms with van der Waals surface area (Å²) in [4.78, 5) is 12.9. The van der Waals surface area contributed by atoms with E-state index >= 15 is 0 Å². The maximum Gasteiger partial charge on any atom is 0.250 e. The molecule has 0 aliphatic rings. The van der Waals surface area contributed by atoms with Gasteiger partial charge in [0, 0.05) is 5.56 Å². The number of nitrogens with one attached hydrogen (secondary N) is 1. The van der Waals surface area contributed by atoms with Gasteiger partial charge in [0.1, 0.15) is 16.8 Å². The van der Waals surface area contributed by atoms with Crippen molar-refractivity contribution < 1.29 is 17.9 Å². The second kappa shape index (κ2) is 9.23. The molecule has 8 nitrogen and oxygen atoms in total. The minimum atomic E-state index is -3.68. The molecule has 10 heteroatoms. The van der Waals surface area contributed by atoms with E-state index in [-0.39, 0.29) is 6.42 Å². The van der Waals surface area contributed by atoms with Gasteiger partial charge >= 0.3 is 0 Å². The van der Waals surface area contributed by atoms with E-state index < -0.39 is 22.0 Å². The minimum absolute atomic E-state index is 0.290. The zero-order valence-corrected chi connectivity index (χ0v) is 18.4. The Balaban J connectivity index is 1.82. The molecule has 3 aromatic rings. The lowest BCUT2D eigenvalue weighted by Crippen LogP contribution is -2.46. The normalized spacial score (nSPS) is 12.2. The number of ether oxygens (including phenoxy) is 1. The Hall–Kier alpha value is -2.98. The van der Waals surface area contributed by atoms with Gasteiger partial charge in [0.2, 0.25) is 21.1 Å². The zero-order valence-electron chi connectivity index (χ0n) is 16.8. The van der Waals surface area contributed by atoms with Crippen molar-refractivity contribution in [3.63, 3.8) is 0 Å². The molecule has 1 heterocycles. The van der Waals surface area contributed by atoms with Gasteiger partial charge in [-0.1, -0.05) is 36.5 Å². The number of anilines is 2.